The van der Waals surface area contributed by atoms with Gasteiger partial charge in [0.1, 0.15) is 12.1 Å². The number of hydrogen-bond acceptors (Lipinski definition) is 2. The van der Waals surface area contributed by atoms with E-state index in [1.165, 1.54) is 14.1 Å². The van der Waals surface area contributed by atoms with Gasteiger partial charge in [0.25, 0.3) is 0 Å². The number of rotatable bonds is 4. The van der Waals surface area contributed by atoms with Gasteiger partial charge in [0.05, 0.1) is 21.1 Å². The van der Waals surface area contributed by atoms with Gasteiger partial charge in [-0.15, -0.1) is 4.20 Å². The van der Waals surface area contributed by atoms with Gasteiger partial charge in [0.2, 0.25) is 0 Å². The molecular formula is C11H25FIN2O2P. The summed E-state index contributed by atoms with van der Waals surface area (Å²) in [6.45, 7) is 0. The lowest BCUT2D eigenvalue weighted by Gasteiger charge is -2.41. The molecule has 0 aromatic carbocycles. The van der Waals surface area contributed by atoms with Crippen molar-refractivity contribution in [3.8, 4) is 0 Å². The van der Waals surface area contributed by atoms with Gasteiger partial charge in [-0.2, -0.15) is 0 Å². The predicted molar refractivity (Wildman–Crippen MR) is 67.6 cm³/mol. The summed E-state index contributed by atoms with van der Waals surface area (Å²) >= 11 is 0. The van der Waals surface area contributed by atoms with E-state index in [4.69, 9.17) is 4.52 Å². The van der Waals surface area contributed by atoms with Crippen LogP contribution in [0.3, 0.4) is 0 Å². The summed E-state index contributed by atoms with van der Waals surface area (Å²) < 4.78 is 32.5. The molecule has 0 heterocycles. The van der Waals surface area contributed by atoms with Crippen molar-refractivity contribution >= 4 is 7.83 Å². The van der Waals surface area contributed by atoms with Crippen LogP contribution in [0.1, 0.15) is 25.7 Å². The number of hydrogen-bond donors (Lipinski definition) is 0. The number of halogens is 2. The molecule has 4 nitrogen and oxygen atoms in total. The number of quaternary nitrogens is 1. The minimum Gasteiger partial charge on any atom is -1.00 e. The summed E-state index contributed by atoms with van der Waals surface area (Å²) in [7, 11) is 5.01. The SMILES string of the molecule is CN(C)P(=O)(F)O[C@H]1CCCC[C@@H]1[N+](C)(C)C.[I-]. The summed E-state index contributed by atoms with van der Waals surface area (Å²) in [4.78, 5) is 0. The fourth-order valence-electron chi connectivity index (χ4n) is 2.35. The van der Waals surface area contributed by atoms with Crippen LogP contribution in [0, 0.1) is 0 Å². The Hall–Kier alpha value is 0.770. The van der Waals surface area contributed by atoms with Crippen LogP contribution >= 0.6 is 7.83 Å². The van der Waals surface area contributed by atoms with Crippen molar-refractivity contribution in [2.75, 3.05) is 35.2 Å². The van der Waals surface area contributed by atoms with Crippen LogP contribution in [-0.4, -0.2) is 56.5 Å². The van der Waals surface area contributed by atoms with E-state index >= 15 is 0 Å². The Kier molecular flexibility index (Phi) is 7.27. The van der Waals surface area contributed by atoms with Gasteiger partial charge < -0.3 is 28.5 Å². The Bertz CT molecular complexity index is 310. The first kappa shape index (κ1) is 18.8. The highest BCUT2D eigenvalue weighted by Crippen LogP contribution is 2.53. The van der Waals surface area contributed by atoms with E-state index in [1.807, 2.05) is 0 Å². The van der Waals surface area contributed by atoms with E-state index in [2.05, 4.69) is 21.1 Å². The molecule has 18 heavy (non-hydrogen) atoms. The highest BCUT2D eigenvalue weighted by Gasteiger charge is 2.41. The fraction of sp³-hybridized carbons (Fsp3) is 1.00. The molecule has 1 saturated carbocycles. The summed E-state index contributed by atoms with van der Waals surface area (Å²) in [6.07, 6.45) is 3.71. The maximum absolute atomic E-state index is 13.8. The highest BCUT2D eigenvalue weighted by molar-refractivity contribution is 7.50. The van der Waals surface area contributed by atoms with Crippen LogP contribution < -0.4 is 24.0 Å². The molecule has 1 unspecified atom stereocenters. The molecule has 1 fully saturated rings. The first-order valence-corrected chi connectivity index (χ1v) is 7.58. The number of likely N-dealkylation sites (N-methyl/N-ethyl adjacent to an activating group) is 1. The van der Waals surface area contributed by atoms with Gasteiger partial charge in [0.15, 0.2) is 0 Å². The normalized spacial score (nSPS) is 28.6. The molecule has 1 rings (SSSR count). The van der Waals surface area contributed by atoms with E-state index in [-0.39, 0.29) is 36.1 Å². The molecule has 0 aromatic heterocycles. The molecule has 0 radical (unpaired) electrons. The van der Waals surface area contributed by atoms with E-state index < -0.39 is 7.83 Å². The Balaban J connectivity index is 0.00000289. The molecule has 110 valence electrons. The second-order valence-corrected chi connectivity index (χ2v) is 7.82. The van der Waals surface area contributed by atoms with Crippen molar-refractivity contribution in [3.05, 3.63) is 0 Å². The van der Waals surface area contributed by atoms with Gasteiger partial charge in [0, 0.05) is 6.42 Å². The van der Waals surface area contributed by atoms with Crippen molar-refractivity contribution < 1.29 is 41.7 Å². The third kappa shape index (κ3) is 5.04. The lowest BCUT2D eigenvalue weighted by Crippen LogP contribution is -3.00. The fourth-order valence-corrected chi connectivity index (χ4v) is 3.12. The van der Waals surface area contributed by atoms with Gasteiger partial charge in [-0.25, -0.2) is 9.24 Å². The van der Waals surface area contributed by atoms with Crippen molar-refractivity contribution in [2.45, 2.75) is 37.8 Å². The topological polar surface area (TPSA) is 29.5 Å². The third-order valence-electron chi connectivity index (χ3n) is 3.41. The van der Waals surface area contributed by atoms with Gasteiger partial charge >= 0.3 is 7.83 Å². The van der Waals surface area contributed by atoms with Crippen LogP contribution in [0.2, 0.25) is 0 Å². The summed E-state index contributed by atoms with van der Waals surface area (Å²) in [5.74, 6) is 0. The quantitative estimate of drug-likeness (QED) is 0.372. The molecule has 1 aliphatic carbocycles. The average Bonchev–Trinajstić information content (AvgIpc) is 2.15. The first-order chi connectivity index (χ1) is 7.64. The van der Waals surface area contributed by atoms with Crippen LogP contribution in [0.25, 0.3) is 0 Å². The third-order valence-corrected chi connectivity index (χ3v) is 4.89. The molecule has 0 N–H and O–H groups in total. The van der Waals surface area contributed by atoms with Crippen LogP contribution in [0.15, 0.2) is 0 Å². The zero-order chi connectivity index (χ0) is 13.3. The van der Waals surface area contributed by atoms with Gasteiger partial charge in [-0.3, -0.25) is 4.52 Å². The Labute approximate surface area is 127 Å². The van der Waals surface area contributed by atoms with Crippen molar-refractivity contribution in [1.29, 1.82) is 0 Å². The largest absolute Gasteiger partial charge is 1.00 e. The predicted octanol–water partition coefficient (Wildman–Crippen LogP) is -0.336. The molecule has 0 aromatic rings. The maximum atomic E-state index is 13.8. The number of nitrogens with zero attached hydrogens (tertiary/aromatic N) is 2. The first-order valence-electron chi connectivity index (χ1n) is 6.11. The van der Waals surface area contributed by atoms with E-state index in [1.54, 1.807) is 0 Å². The summed E-state index contributed by atoms with van der Waals surface area (Å²) in [6, 6.07) is 0.216. The van der Waals surface area contributed by atoms with Crippen LogP contribution in [-0.2, 0) is 9.09 Å². The molecule has 0 amide bonds. The Morgan fingerprint density at radius 1 is 1.22 bits per heavy atom. The van der Waals surface area contributed by atoms with Gasteiger partial charge in [-0.1, -0.05) is 6.42 Å². The van der Waals surface area contributed by atoms with Gasteiger partial charge in [-0.05, 0) is 26.9 Å². The molecule has 0 bridgehead atoms. The van der Waals surface area contributed by atoms with E-state index in [0.717, 1.165) is 34.8 Å². The minimum absolute atomic E-state index is 0. The monoisotopic (exact) mass is 394 g/mol. The lowest BCUT2D eigenvalue weighted by atomic mass is 9.91. The highest BCUT2D eigenvalue weighted by atomic mass is 127. The lowest BCUT2D eigenvalue weighted by molar-refractivity contribution is -0.900. The van der Waals surface area contributed by atoms with Crippen molar-refractivity contribution in [1.82, 2.24) is 4.67 Å². The maximum Gasteiger partial charge on any atom is 0.445 e. The Morgan fingerprint density at radius 2 is 1.72 bits per heavy atom. The molecular weight excluding hydrogens is 369 g/mol. The average molecular weight is 394 g/mol. The molecule has 7 heteroatoms. The standard InChI is InChI=1S/C11H25FN2O2P.HI/c1-13(2)17(12,15)16-11-9-7-6-8-10(11)14(3,4)5;/h10-11H,6-9H2,1-5H3;1H/q+1;/p-1/t10-,11-,17?;/m0./s1. The van der Waals surface area contributed by atoms with E-state index in [0.29, 0.717) is 0 Å². The minimum atomic E-state index is -4.12. The molecule has 3 atom stereocenters. The Morgan fingerprint density at radius 3 is 2.17 bits per heavy atom. The summed E-state index contributed by atoms with van der Waals surface area (Å²) in [5, 5.41) is 0. The molecule has 0 spiro atoms. The second-order valence-electron chi connectivity index (χ2n) is 5.91. The molecule has 0 aliphatic heterocycles. The molecule has 1 aliphatic rings. The van der Waals surface area contributed by atoms with Crippen LogP contribution in [0.4, 0.5) is 4.20 Å². The van der Waals surface area contributed by atoms with Crippen molar-refractivity contribution in [2.24, 2.45) is 0 Å². The van der Waals surface area contributed by atoms with Crippen LogP contribution in [0.5, 0.6) is 0 Å². The van der Waals surface area contributed by atoms with Crippen molar-refractivity contribution in [3.63, 3.8) is 0 Å². The second kappa shape index (κ2) is 6.97. The summed E-state index contributed by atoms with van der Waals surface area (Å²) in [5.41, 5.74) is 0. The zero-order valence-electron chi connectivity index (χ0n) is 11.9. The van der Waals surface area contributed by atoms with E-state index in [9.17, 15) is 8.76 Å². The smallest absolute Gasteiger partial charge is 0.445 e. The molecule has 0 saturated heterocycles. The zero-order valence-corrected chi connectivity index (χ0v) is 14.9.